The van der Waals surface area contributed by atoms with Crippen LogP contribution in [0.5, 0.6) is 5.75 Å². The summed E-state index contributed by atoms with van der Waals surface area (Å²) in [6.45, 7) is 2.48. The highest BCUT2D eigenvalue weighted by Gasteiger charge is 2.17. The molecule has 0 fully saturated rings. The van der Waals surface area contributed by atoms with Gasteiger partial charge in [0.1, 0.15) is 5.75 Å². The Hall–Kier alpha value is -4.51. The van der Waals surface area contributed by atoms with Gasteiger partial charge in [0, 0.05) is 29.2 Å². The van der Waals surface area contributed by atoms with E-state index in [0.717, 1.165) is 17.0 Å². The van der Waals surface area contributed by atoms with E-state index in [2.05, 4.69) is 25.7 Å². The van der Waals surface area contributed by atoms with Gasteiger partial charge in [-0.3, -0.25) is 14.3 Å². The summed E-state index contributed by atoms with van der Waals surface area (Å²) < 4.78 is 7.38. The standard InChI is InChI=1S/C25H22N6O4S/c1-2-35-20-11-9-19(10-12-20)31-23(18-7-5-13-26-14-18)29-30-25(31)36-16-22(32)28-27-15-17-6-3-4-8-21(17)24(33)34/h3-15H,2,16H2,1H3,(H,28,32)(H,33,34)/b27-15-. The summed E-state index contributed by atoms with van der Waals surface area (Å²) in [5, 5.41) is 22.3. The van der Waals surface area contributed by atoms with Crippen molar-refractivity contribution in [2.45, 2.75) is 12.1 Å². The average molecular weight is 503 g/mol. The van der Waals surface area contributed by atoms with Crippen molar-refractivity contribution in [3.8, 4) is 22.8 Å². The predicted octanol–water partition coefficient (Wildman–Crippen LogP) is 3.67. The number of hydrogen-bond donors (Lipinski definition) is 2. The van der Waals surface area contributed by atoms with Crippen molar-refractivity contribution in [3.63, 3.8) is 0 Å². The van der Waals surface area contributed by atoms with Gasteiger partial charge in [-0.15, -0.1) is 10.2 Å². The van der Waals surface area contributed by atoms with Crippen LogP contribution in [0.3, 0.4) is 0 Å². The molecule has 0 atom stereocenters. The number of hydrazone groups is 1. The van der Waals surface area contributed by atoms with Crippen LogP contribution in [0.4, 0.5) is 0 Å². The summed E-state index contributed by atoms with van der Waals surface area (Å²) in [6, 6.07) is 17.6. The Kier molecular flexibility index (Phi) is 8.04. The van der Waals surface area contributed by atoms with Crippen molar-refractivity contribution in [1.29, 1.82) is 0 Å². The number of hydrogen-bond acceptors (Lipinski definition) is 8. The van der Waals surface area contributed by atoms with Crippen molar-refractivity contribution in [2.24, 2.45) is 5.10 Å². The van der Waals surface area contributed by atoms with Gasteiger partial charge in [-0.1, -0.05) is 30.0 Å². The Bertz CT molecular complexity index is 1370. The molecule has 2 aromatic carbocycles. The van der Waals surface area contributed by atoms with E-state index in [1.54, 1.807) is 30.6 Å². The first-order valence-corrected chi connectivity index (χ1v) is 11.9. The summed E-state index contributed by atoms with van der Waals surface area (Å²) in [6.07, 6.45) is 4.67. The van der Waals surface area contributed by atoms with E-state index >= 15 is 0 Å². The summed E-state index contributed by atoms with van der Waals surface area (Å²) in [5.41, 5.74) is 4.47. The number of carbonyl (C=O) groups is 2. The molecule has 36 heavy (non-hydrogen) atoms. The number of pyridine rings is 1. The molecule has 0 radical (unpaired) electrons. The maximum atomic E-state index is 12.4. The fourth-order valence-corrected chi connectivity index (χ4v) is 4.02. The van der Waals surface area contributed by atoms with Gasteiger partial charge in [0.2, 0.25) is 0 Å². The second kappa shape index (κ2) is 11.8. The van der Waals surface area contributed by atoms with Crippen molar-refractivity contribution < 1.29 is 19.4 Å². The van der Waals surface area contributed by atoms with Crippen LogP contribution in [0.1, 0.15) is 22.8 Å². The zero-order chi connectivity index (χ0) is 25.3. The van der Waals surface area contributed by atoms with Gasteiger partial charge in [0.05, 0.1) is 24.1 Å². The zero-order valence-electron chi connectivity index (χ0n) is 19.2. The molecular formula is C25H22N6O4S. The van der Waals surface area contributed by atoms with Crippen LogP contribution in [-0.2, 0) is 4.79 Å². The molecule has 0 saturated heterocycles. The Labute approximate surface area is 211 Å². The zero-order valence-corrected chi connectivity index (χ0v) is 20.1. The van der Waals surface area contributed by atoms with Crippen molar-refractivity contribution in [2.75, 3.05) is 12.4 Å². The molecule has 1 amide bonds. The third-order valence-corrected chi connectivity index (χ3v) is 5.80. The lowest BCUT2D eigenvalue weighted by Gasteiger charge is -2.11. The Balaban J connectivity index is 1.50. The van der Waals surface area contributed by atoms with Crippen molar-refractivity contribution in [3.05, 3.63) is 84.2 Å². The molecule has 0 unspecified atom stereocenters. The smallest absolute Gasteiger partial charge is 0.336 e. The number of aromatic nitrogens is 4. The van der Waals surface area contributed by atoms with Crippen LogP contribution in [0, 0.1) is 0 Å². The van der Waals surface area contributed by atoms with Crippen LogP contribution >= 0.6 is 11.8 Å². The summed E-state index contributed by atoms with van der Waals surface area (Å²) in [7, 11) is 0. The lowest BCUT2D eigenvalue weighted by atomic mass is 10.1. The second-order valence-electron chi connectivity index (χ2n) is 7.28. The number of aromatic carboxylic acids is 1. The third kappa shape index (κ3) is 5.94. The first-order valence-electron chi connectivity index (χ1n) is 10.9. The van der Waals surface area contributed by atoms with Crippen molar-refractivity contribution >= 4 is 29.9 Å². The number of nitrogens with one attached hydrogen (secondary N) is 1. The number of carboxylic acids is 1. The number of ether oxygens (including phenoxy) is 1. The van der Waals surface area contributed by atoms with Crippen LogP contribution in [0.25, 0.3) is 17.1 Å². The SMILES string of the molecule is CCOc1ccc(-n2c(SCC(=O)N/N=C\c3ccccc3C(=O)O)nnc2-c2cccnc2)cc1. The molecule has 4 rings (SSSR count). The van der Waals surface area contributed by atoms with Crippen LogP contribution in [0.2, 0.25) is 0 Å². The number of nitrogens with zero attached hydrogens (tertiary/aromatic N) is 5. The number of benzene rings is 2. The molecule has 2 N–H and O–H groups in total. The summed E-state index contributed by atoms with van der Waals surface area (Å²) >= 11 is 1.19. The van der Waals surface area contributed by atoms with E-state index in [9.17, 15) is 14.7 Å². The fraction of sp³-hybridized carbons (Fsp3) is 0.120. The monoisotopic (exact) mass is 502 g/mol. The van der Waals surface area contributed by atoms with E-state index in [1.165, 1.54) is 24.0 Å². The molecule has 0 aliphatic heterocycles. The Morgan fingerprint density at radius 1 is 1.11 bits per heavy atom. The van der Waals surface area contributed by atoms with Gasteiger partial charge in [0.15, 0.2) is 11.0 Å². The largest absolute Gasteiger partial charge is 0.494 e. The van der Waals surface area contributed by atoms with E-state index in [0.29, 0.717) is 23.2 Å². The highest BCUT2D eigenvalue weighted by atomic mass is 32.2. The first-order chi connectivity index (χ1) is 17.6. The normalized spacial score (nSPS) is 10.9. The summed E-state index contributed by atoms with van der Waals surface area (Å²) in [4.78, 5) is 27.9. The molecule has 11 heteroatoms. The van der Waals surface area contributed by atoms with Gasteiger partial charge in [0.25, 0.3) is 5.91 Å². The quantitative estimate of drug-likeness (QED) is 0.191. The number of thioether (sulfide) groups is 1. The molecule has 0 saturated carbocycles. The molecule has 182 valence electrons. The minimum Gasteiger partial charge on any atom is -0.494 e. The number of amides is 1. The maximum Gasteiger partial charge on any atom is 0.336 e. The van der Waals surface area contributed by atoms with E-state index < -0.39 is 5.97 Å². The van der Waals surface area contributed by atoms with E-state index in [-0.39, 0.29) is 17.2 Å². The predicted molar refractivity (Wildman–Crippen MR) is 136 cm³/mol. The Morgan fingerprint density at radius 3 is 2.64 bits per heavy atom. The molecule has 10 nitrogen and oxygen atoms in total. The third-order valence-electron chi connectivity index (χ3n) is 4.88. The van der Waals surface area contributed by atoms with E-state index in [4.69, 9.17) is 4.74 Å². The van der Waals surface area contributed by atoms with Crippen LogP contribution in [0.15, 0.2) is 83.3 Å². The lowest BCUT2D eigenvalue weighted by Crippen LogP contribution is -2.20. The van der Waals surface area contributed by atoms with Gasteiger partial charge >= 0.3 is 5.97 Å². The van der Waals surface area contributed by atoms with Gasteiger partial charge in [-0.2, -0.15) is 5.10 Å². The van der Waals surface area contributed by atoms with Gasteiger partial charge in [-0.25, -0.2) is 10.2 Å². The molecule has 0 bridgehead atoms. The molecule has 2 aromatic heterocycles. The highest BCUT2D eigenvalue weighted by molar-refractivity contribution is 7.99. The maximum absolute atomic E-state index is 12.4. The fourth-order valence-electron chi connectivity index (χ4n) is 3.28. The number of carboxylic acid groups (broad SMARTS) is 1. The minimum atomic E-state index is -1.07. The molecule has 0 aliphatic carbocycles. The second-order valence-corrected chi connectivity index (χ2v) is 8.23. The molecule has 4 aromatic rings. The number of rotatable bonds is 10. The van der Waals surface area contributed by atoms with Crippen molar-refractivity contribution in [1.82, 2.24) is 25.2 Å². The van der Waals surface area contributed by atoms with Crippen LogP contribution < -0.4 is 10.2 Å². The van der Waals surface area contributed by atoms with E-state index in [1.807, 2.05) is 47.9 Å². The average Bonchev–Trinajstić information content (AvgIpc) is 3.33. The first kappa shape index (κ1) is 24.6. The lowest BCUT2D eigenvalue weighted by molar-refractivity contribution is -0.118. The number of carbonyl (C=O) groups excluding carboxylic acids is 1. The molecule has 2 heterocycles. The minimum absolute atomic E-state index is 0.0140. The van der Waals surface area contributed by atoms with Gasteiger partial charge in [-0.05, 0) is 49.4 Å². The topological polar surface area (TPSA) is 132 Å². The molecule has 0 aliphatic rings. The highest BCUT2D eigenvalue weighted by Crippen LogP contribution is 2.28. The van der Waals surface area contributed by atoms with Gasteiger partial charge < -0.3 is 9.84 Å². The van der Waals surface area contributed by atoms with Crippen LogP contribution in [-0.4, -0.2) is 55.3 Å². The molecule has 0 spiro atoms. The Morgan fingerprint density at radius 2 is 1.92 bits per heavy atom. The molecular weight excluding hydrogens is 480 g/mol. The summed E-state index contributed by atoms with van der Waals surface area (Å²) in [5.74, 6) is -0.114.